The Hall–Kier alpha value is -1.91. The third kappa shape index (κ3) is 3.53. The van der Waals surface area contributed by atoms with E-state index >= 15 is 0 Å². The molecule has 0 aromatic carbocycles. The lowest BCUT2D eigenvalue weighted by Gasteiger charge is -2.06. The minimum absolute atomic E-state index is 0.907. The number of anilines is 1. The van der Waals surface area contributed by atoms with Gasteiger partial charge in [0.2, 0.25) is 0 Å². The van der Waals surface area contributed by atoms with Crippen molar-refractivity contribution in [2.45, 2.75) is 40.0 Å². The van der Waals surface area contributed by atoms with E-state index in [4.69, 9.17) is 0 Å². The molecule has 19 heavy (non-hydrogen) atoms. The summed E-state index contributed by atoms with van der Waals surface area (Å²) >= 11 is 0. The number of nitrogens with one attached hydrogen (secondary N) is 2. The highest BCUT2D eigenvalue weighted by Gasteiger charge is 2.05. The van der Waals surface area contributed by atoms with Crippen molar-refractivity contribution in [3.05, 3.63) is 35.0 Å². The molecule has 102 valence electrons. The van der Waals surface area contributed by atoms with Gasteiger partial charge in [0.05, 0.1) is 5.69 Å². The standard InChI is InChI=1S/C14H21N5/c1-4-12-8-14(17-9-16-12)15-7-5-6-13-10(2)18-19-11(13)3/h8-9H,4-7H2,1-3H3,(H,18,19)(H,15,16,17). The second-order valence-corrected chi connectivity index (χ2v) is 4.69. The molecule has 0 aliphatic carbocycles. The fourth-order valence-electron chi connectivity index (χ4n) is 2.11. The number of H-pyrrole nitrogens is 1. The second-order valence-electron chi connectivity index (χ2n) is 4.69. The van der Waals surface area contributed by atoms with Gasteiger partial charge in [0.1, 0.15) is 12.1 Å². The molecule has 0 amide bonds. The van der Waals surface area contributed by atoms with Gasteiger partial charge in [0, 0.05) is 24.0 Å². The van der Waals surface area contributed by atoms with Crippen molar-refractivity contribution in [3.8, 4) is 0 Å². The van der Waals surface area contributed by atoms with Gasteiger partial charge < -0.3 is 5.32 Å². The van der Waals surface area contributed by atoms with E-state index in [9.17, 15) is 0 Å². The fraction of sp³-hybridized carbons (Fsp3) is 0.500. The van der Waals surface area contributed by atoms with Crippen molar-refractivity contribution < 1.29 is 0 Å². The third-order valence-electron chi connectivity index (χ3n) is 3.28. The Labute approximate surface area is 113 Å². The molecular weight excluding hydrogens is 238 g/mol. The van der Waals surface area contributed by atoms with Gasteiger partial charge in [0.15, 0.2) is 0 Å². The average Bonchev–Trinajstić information content (AvgIpc) is 2.75. The second kappa shape index (κ2) is 6.31. The topological polar surface area (TPSA) is 66.5 Å². The summed E-state index contributed by atoms with van der Waals surface area (Å²) in [7, 11) is 0. The quantitative estimate of drug-likeness (QED) is 0.782. The van der Waals surface area contributed by atoms with Crippen LogP contribution < -0.4 is 5.32 Å². The van der Waals surface area contributed by atoms with Crippen LogP contribution in [0.5, 0.6) is 0 Å². The van der Waals surface area contributed by atoms with Gasteiger partial charge in [0.25, 0.3) is 0 Å². The van der Waals surface area contributed by atoms with Crippen LogP contribution in [0.1, 0.15) is 36.0 Å². The number of rotatable bonds is 6. The number of aryl methyl sites for hydroxylation is 3. The molecule has 2 heterocycles. The van der Waals surface area contributed by atoms with Crippen molar-refractivity contribution in [1.29, 1.82) is 0 Å². The van der Waals surface area contributed by atoms with Gasteiger partial charge in [-0.15, -0.1) is 0 Å². The minimum atomic E-state index is 0.907. The van der Waals surface area contributed by atoms with Crippen molar-refractivity contribution >= 4 is 5.82 Å². The molecule has 0 atom stereocenters. The summed E-state index contributed by atoms with van der Waals surface area (Å²) in [5, 5.41) is 10.6. The maximum atomic E-state index is 4.22. The Morgan fingerprint density at radius 1 is 1.26 bits per heavy atom. The van der Waals surface area contributed by atoms with E-state index in [1.165, 1.54) is 11.3 Å². The largest absolute Gasteiger partial charge is 0.370 e. The number of nitrogens with zero attached hydrogens (tertiary/aromatic N) is 3. The van der Waals surface area contributed by atoms with E-state index < -0.39 is 0 Å². The normalized spacial score (nSPS) is 10.7. The van der Waals surface area contributed by atoms with E-state index in [1.807, 2.05) is 13.0 Å². The summed E-state index contributed by atoms with van der Waals surface area (Å²) < 4.78 is 0. The lowest BCUT2D eigenvalue weighted by atomic mass is 10.1. The fourth-order valence-corrected chi connectivity index (χ4v) is 2.11. The maximum Gasteiger partial charge on any atom is 0.129 e. The van der Waals surface area contributed by atoms with Crippen LogP contribution in [0.25, 0.3) is 0 Å². The summed E-state index contributed by atoms with van der Waals surface area (Å²) in [5.41, 5.74) is 4.68. The number of hydrogen-bond acceptors (Lipinski definition) is 4. The first-order chi connectivity index (χ1) is 9.20. The highest BCUT2D eigenvalue weighted by molar-refractivity contribution is 5.34. The SMILES string of the molecule is CCc1cc(NCCCc2c(C)n[nH]c2C)ncn1. The first-order valence-electron chi connectivity index (χ1n) is 6.76. The van der Waals surface area contributed by atoms with Crippen molar-refractivity contribution in [1.82, 2.24) is 20.2 Å². The predicted octanol–water partition coefficient (Wildman–Crippen LogP) is 2.42. The third-order valence-corrected chi connectivity index (χ3v) is 3.28. The first-order valence-corrected chi connectivity index (χ1v) is 6.76. The predicted molar refractivity (Wildman–Crippen MR) is 76.3 cm³/mol. The molecule has 0 saturated heterocycles. The molecule has 0 aliphatic rings. The maximum absolute atomic E-state index is 4.22. The van der Waals surface area contributed by atoms with Crippen LogP contribution in [0.2, 0.25) is 0 Å². The van der Waals surface area contributed by atoms with E-state index in [1.54, 1.807) is 6.33 Å². The molecule has 0 radical (unpaired) electrons. The molecule has 2 aromatic heterocycles. The molecule has 2 N–H and O–H groups in total. The highest BCUT2D eigenvalue weighted by atomic mass is 15.1. The summed E-state index contributed by atoms with van der Waals surface area (Å²) in [6.07, 6.45) is 4.65. The van der Waals surface area contributed by atoms with Gasteiger partial charge in [-0.05, 0) is 38.7 Å². The molecular formula is C14H21N5. The molecule has 0 fully saturated rings. The Kier molecular flexibility index (Phi) is 4.49. The molecule has 0 spiro atoms. The Morgan fingerprint density at radius 3 is 2.79 bits per heavy atom. The van der Waals surface area contributed by atoms with Gasteiger partial charge in [-0.25, -0.2) is 9.97 Å². The van der Waals surface area contributed by atoms with Gasteiger partial charge in [-0.2, -0.15) is 5.10 Å². The summed E-state index contributed by atoms with van der Waals surface area (Å²) in [6.45, 7) is 7.12. The molecule has 0 bridgehead atoms. The molecule has 0 saturated carbocycles. The molecule has 2 rings (SSSR count). The smallest absolute Gasteiger partial charge is 0.129 e. The van der Waals surface area contributed by atoms with Gasteiger partial charge in [-0.3, -0.25) is 5.10 Å². The van der Waals surface area contributed by atoms with Crippen molar-refractivity contribution in [2.24, 2.45) is 0 Å². The van der Waals surface area contributed by atoms with Crippen molar-refractivity contribution in [2.75, 3.05) is 11.9 Å². The monoisotopic (exact) mass is 259 g/mol. The lowest BCUT2D eigenvalue weighted by Crippen LogP contribution is -2.06. The Balaban J connectivity index is 1.80. The number of aromatic amines is 1. The molecule has 5 nitrogen and oxygen atoms in total. The van der Waals surface area contributed by atoms with E-state index in [2.05, 4.69) is 39.3 Å². The first kappa shape index (κ1) is 13.5. The van der Waals surface area contributed by atoms with E-state index in [0.717, 1.165) is 43.0 Å². The summed E-state index contributed by atoms with van der Waals surface area (Å²) in [5.74, 6) is 0.910. The van der Waals surface area contributed by atoms with Crippen molar-refractivity contribution in [3.63, 3.8) is 0 Å². The molecule has 0 aliphatic heterocycles. The zero-order valence-electron chi connectivity index (χ0n) is 11.8. The minimum Gasteiger partial charge on any atom is -0.370 e. The zero-order chi connectivity index (χ0) is 13.7. The summed E-state index contributed by atoms with van der Waals surface area (Å²) in [6, 6.07) is 2.01. The van der Waals surface area contributed by atoms with Crippen LogP contribution in [0, 0.1) is 13.8 Å². The highest BCUT2D eigenvalue weighted by Crippen LogP contribution is 2.12. The molecule has 0 unspecified atom stereocenters. The van der Waals surface area contributed by atoms with Crippen LogP contribution in [-0.2, 0) is 12.8 Å². The Bertz CT molecular complexity index is 513. The van der Waals surface area contributed by atoms with Crippen LogP contribution in [0.3, 0.4) is 0 Å². The Morgan fingerprint density at radius 2 is 2.11 bits per heavy atom. The van der Waals surface area contributed by atoms with E-state index in [-0.39, 0.29) is 0 Å². The summed E-state index contributed by atoms with van der Waals surface area (Å²) in [4.78, 5) is 8.40. The van der Waals surface area contributed by atoms with Crippen LogP contribution in [0.4, 0.5) is 5.82 Å². The van der Waals surface area contributed by atoms with Gasteiger partial charge >= 0.3 is 0 Å². The van der Waals surface area contributed by atoms with Gasteiger partial charge in [-0.1, -0.05) is 6.92 Å². The van der Waals surface area contributed by atoms with Crippen LogP contribution in [-0.4, -0.2) is 26.7 Å². The number of aromatic nitrogens is 4. The number of hydrogen-bond donors (Lipinski definition) is 2. The molecule has 2 aromatic rings. The van der Waals surface area contributed by atoms with Crippen LogP contribution in [0.15, 0.2) is 12.4 Å². The average molecular weight is 259 g/mol. The molecule has 5 heteroatoms. The zero-order valence-corrected chi connectivity index (χ0v) is 11.8. The van der Waals surface area contributed by atoms with E-state index in [0.29, 0.717) is 0 Å². The lowest BCUT2D eigenvalue weighted by molar-refractivity contribution is 0.846. The van der Waals surface area contributed by atoms with Crippen LogP contribution >= 0.6 is 0 Å².